The van der Waals surface area contributed by atoms with Gasteiger partial charge in [0.15, 0.2) is 0 Å². The van der Waals surface area contributed by atoms with E-state index in [9.17, 15) is 0 Å². The Bertz CT molecular complexity index is 644. The van der Waals surface area contributed by atoms with Gasteiger partial charge in [0.2, 0.25) is 0 Å². The fraction of sp³-hybridized carbons (Fsp3) is 0.214. The lowest BCUT2D eigenvalue weighted by Gasteiger charge is -2.11. The summed E-state index contributed by atoms with van der Waals surface area (Å²) in [6, 6.07) is 7.72. The molecule has 1 N–H and O–H groups in total. The summed E-state index contributed by atoms with van der Waals surface area (Å²) in [6.45, 7) is 0.705. The summed E-state index contributed by atoms with van der Waals surface area (Å²) in [6.07, 6.45) is 0.924. The van der Waals surface area contributed by atoms with E-state index in [0.717, 1.165) is 17.7 Å². The molecule has 0 spiro atoms. The van der Waals surface area contributed by atoms with Gasteiger partial charge in [0.25, 0.3) is 0 Å². The lowest BCUT2D eigenvalue weighted by molar-refractivity contribution is 0.358. The third-order valence-corrected chi connectivity index (χ3v) is 3.71. The van der Waals surface area contributed by atoms with Crippen molar-refractivity contribution in [1.82, 2.24) is 4.98 Å². The van der Waals surface area contributed by atoms with E-state index in [4.69, 9.17) is 27.9 Å². The topological polar surface area (TPSA) is 34.2 Å². The second-order valence-corrected chi connectivity index (χ2v) is 5.11. The molecule has 0 unspecified atom stereocenters. The molecule has 0 fully saturated rings. The average molecular weight is 295 g/mol. The summed E-state index contributed by atoms with van der Waals surface area (Å²) in [4.78, 5) is 4.48. The van der Waals surface area contributed by atoms with Gasteiger partial charge in [-0.15, -0.1) is 0 Å². The van der Waals surface area contributed by atoms with Crippen LogP contribution in [0.25, 0.3) is 11.3 Å². The van der Waals surface area contributed by atoms with E-state index in [0.29, 0.717) is 28.2 Å². The lowest BCUT2D eigenvalue weighted by Crippen LogP contribution is -1.97. The number of nitrogens with zero attached hydrogens (tertiary/aromatic N) is 1. The molecule has 2 heterocycles. The Morgan fingerprint density at radius 1 is 1.26 bits per heavy atom. The molecule has 98 valence electrons. The Morgan fingerprint density at radius 2 is 2.11 bits per heavy atom. The molecule has 19 heavy (non-hydrogen) atoms. The van der Waals surface area contributed by atoms with Gasteiger partial charge in [0, 0.05) is 19.0 Å². The highest BCUT2D eigenvalue weighted by Gasteiger charge is 2.20. The van der Waals surface area contributed by atoms with E-state index in [1.807, 2.05) is 12.1 Å². The van der Waals surface area contributed by atoms with Crippen molar-refractivity contribution in [3.05, 3.63) is 39.9 Å². The molecule has 0 amide bonds. The molecule has 5 heteroatoms. The SMILES string of the molecule is CNc1nc(-c2cccc3c2OCC3)c(Cl)cc1Cl. The lowest BCUT2D eigenvalue weighted by atomic mass is 10.1. The molecule has 1 aliphatic heterocycles. The van der Waals surface area contributed by atoms with Gasteiger partial charge >= 0.3 is 0 Å². The molecule has 1 aromatic carbocycles. The van der Waals surface area contributed by atoms with Crippen LogP contribution in [0.2, 0.25) is 10.0 Å². The summed E-state index contributed by atoms with van der Waals surface area (Å²) in [7, 11) is 1.78. The Kier molecular flexibility index (Phi) is 3.25. The van der Waals surface area contributed by atoms with Crippen molar-refractivity contribution >= 4 is 29.0 Å². The molecule has 0 saturated carbocycles. The van der Waals surface area contributed by atoms with Crippen molar-refractivity contribution in [2.45, 2.75) is 6.42 Å². The maximum Gasteiger partial charge on any atom is 0.145 e. The number of anilines is 1. The van der Waals surface area contributed by atoms with Crippen LogP contribution in [0, 0.1) is 0 Å². The number of halogens is 2. The zero-order valence-electron chi connectivity index (χ0n) is 10.3. The predicted molar refractivity (Wildman–Crippen MR) is 78.4 cm³/mol. The molecule has 1 aliphatic rings. The van der Waals surface area contributed by atoms with E-state index < -0.39 is 0 Å². The van der Waals surface area contributed by atoms with Gasteiger partial charge in [-0.25, -0.2) is 4.98 Å². The standard InChI is InChI=1S/C14H12Cl2N2O/c1-17-14-11(16)7-10(15)12(18-14)9-4-2-3-8-5-6-19-13(8)9/h2-4,7H,5-6H2,1H3,(H,17,18). The molecule has 0 aliphatic carbocycles. The van der Waals surface area contributed by atoms with Gasteiger partial charge in [0.05, 0.1) is 22.3 Å². The minimum atomic E-state index is 0.504. The number of nitrogens with one attached hydrogen (secondary N) is 1. The third-order valence-electron chi connectivity index (χ3n) is 3.14. The highest BCUT2D eigenvalue weighted by molar-refractivity contribution is 6.37. The predicted octanol–water partition coefficient (Wildman–Crippen LogP) is 4.03. The minimum Gasteiger partial charge on any atom is -0.492 e. The number of hydrogen-bond donors (Lipinski definition) is 1. The molecule has 2 aromatic rings. The van der Waals surface area contributed by atoms with Gasteiger partial charge in [0.1, 0.15) is 11.6 Å². The zero-order valence-corrected chi connectivity index (χ0v) is 11.8. The van der Waals surface area contributed by atoms with Crippen LogP contribution in [0.5, 0.6) is 5.75 Å². The molecule has 3 nitrogen and oxygen atoms in total. The first kappa shape index (κ1) is 12.6. The van der Waals surface area contributed by atoms with Crippen molar-refractivity contribution in [2.75, 3.05) is 19.0 Å². The van der Waals surface area contributed by atoms with Gasteiger partial charge in [-0.05, 0) is 17.7 Å². The van der Waals surface area contributed by atoms with E-state index >= 15 is 0 Å². The number of hydrogen-bond acceptors (Lipinski definition) is 3. The van der Waals surface area contributed by atoms with Crippen molar-refractivity contribution in [3.8, 4) is 17.0 Å². The summed E-state index contributed by atoms with van der Waals surface area (Å²) in [5.74, 6) is 1.48. The summed E-state index contributed by atoms with van der Waals surface area (Å²) in [5, 5.41) is 3.98. The second kappa shape index (κ2) is 4.91. The van der Waals surface area contributed by atoms with Crippen molar-refractivity contribution in [3.63, 3.8) is 0 Å². The molecule has 0 bridgehead atoms. The molecular weight excluding hydrogens is 283 g/mol. The molecule has 0 saturated heterocycles. The molecular formula is C14H12Cl2N2O. The van der Waals surface area contributed by atoms with Crippen LogP contribution in [-0.2, 0) is 6.42 Å². The molecule has 1 aromatic heterocycles. The van der Waals surface area contributed by atoms with Crippen molar-refractivity contribution < 1.29 is 4.74 Å². The first-order valence-electron chi connectivity index (χ1n) is 5.99. The Balaban J connectivity index is 2.20. The normalized spacial score (nSPS) is 13.0. The van der Waals surface area contributed by atoms with Gasteiger partial charge in [-0.3, -0.25) is 0 Å². The largest absolute Gasteiger partial charge is 0.492 e. The monoisotopic (exact) mass is 294 g/mol. The zero-order chi connectivity index (χ0) is 13.4. The van der Waals surface area contributed by atoms with Crippen LogP contribution in [0.1, 0.15) is 5.56 Å². The number of benzene rings is 1. The van der Waals surface area contributed by atoms with Crippen molar-refractivity contribution in [1.29, 1.82) is 0 Å². The Hall–Kier alpha value is -1.45. The second-order valence-electron chi connectivity index (χ2n) is 4.29. The maximum atomic E-state index is 6.26. The van der Waals surface area contributed by atoms with Gasteiger partial charge < -0.3 is 10.1 Å². The van der Waals surface area contributed by atoms with Crippen LogP contribution < -0.4 is 10.1 Å². The van der Waals surface area contributed by atoms with Crippen molar-refractivity contribution in [2.24, 2.45) is 0 Å². The van der Waals surface area contributed by atoms with Gasteiger partial charge in [-0.2, -0.15) is 0 Å². The highest BCUT2D eigenvalue weighted by Crippen LogP contribution is 2.40. The summed E-state index contributed by atoms with van der Waals surface area (Å²) in [5.41, 5.74) is 2.79. The number of ether oxygens (including phenoxy) is 1. The number of aromatic nitrogens is 1. The van der Waals surface area contributed by atoms with Crippen LogP contribution >= 0.6 is 23.2 Å². The van der Waals surface area contributed by atoms with E-state index in [-0.39, 0.29) is 0 Å². The fourth-order valence-corrected chi connectivity index (χ4v) is 2.79. The van der Waals surface area contributed by atoms with Crippen LogP contribution in [0.15, 0.2) is 24.3 Å². The van der Waals surface area contributed by atoms with Crippen LogP contribution in [0.4, 0.5) is 5.82 Å². The smallest absolute Gasteiger partial charge is 0.145 e. The Morgan fingerprint density at radius 3 is 2.89 bits per heavy atom. The van der Waals surface area contributed by atoms with E-state index in [1.54, 1.807) is 13.1 Å². The van der Waals surface area contributed by atoms with Crippen LogP contribution in [-0.4, -0.2) is 18.6 Å². The first-order chi connectivity index (χ1) is 9.20. The third kappa shape index (κ3) is 2.13. The fourth-order valence-electron chi connectivity index (χ4n) is 2.23. The minimum absolute atomic E-state index is 0.504. The highest BCUT2D eigenvalue weighted by atomic mass is 35.5. The average Bonchev–Trinajstić information content (AvgIpc) is 2.87. The summed E-state index contributed by atoms with van der Waals surface area (Å²) >= 11 is 12.3. The Labute approximate surface area is 121 Å². The number of para-hydroxylation sites is 1. The van der Waals surface area contributed by atoms with Crippen LogP contribution in [0.3, 0.4) is 0 Å². The number of rotatable bonds is 2. The van der Waals surface area contributed by atoms with Gasteiger partial charge in [-0.1, -0.05) is 35.3 Å². The number of pyridine rings is 1. The summed E-state index contributed by atoms with van der Waals surface area (Å²) < 4.78 is 5.69. The number of fused-ring (bicyclic) bond motifs is 1. The van der Waals surface area contributed by atoms with E-state index in [1.165, 1.54) is 5.56 Å². The molecule has 0 radical (unpaired) electrons. The quantitative estimate of drug-likeness (QED) is 0.908. The molecule has 3 rings (SSSR count). The maximum absolute atomic E-state index is 6.26. The molecule has 0 atom stereocenters. The first-order valence-corrected chi connectivity index (χ1v) is 6.75. The van der Waals surface area contributed by atoms with E-state index in [2.05, 4.69) is 16.4 Å².